The molecule has 2 N–H and O–H groups in total. The molecule has 0 aromatic heterocycles. The number of benzene rings is 2. The molecule has 3 rings (SSSR count). The molecule has 1 fully saturated rings. The molecule has 4 nitrogen and oxygen atoms in total. The van der Waals surface area contributed by atoms with Crippen LogP contribution in [-0.4, -0.2) is 18.5 Å². The Bertz CT molecular complexity index is 783. The normalized spacial score (nSPS) is 19.1. The Kier molecular flexibility index (Phi) is 7.96. The van der Waals surface area contributed by atoms with E-state index in [4.69, 9.17) is 16.3 Å². The van der Waals surface area contributed by atoms with Crippen molar-refractivity contribution in [1.29, 1.82) is 0 Å². The summed E-state index contributed by atoms with van der Waals surface area (Å²) in [6.45, 7) is 5.46. The summed E-state index contributed by atoms with van der Waals surface area (Å²) in [4.78, 5) is 12.5. The molecule has 2 aromatic rings. The van der Waals surface area contributed by atoms with Gasteiger partial charge in [-0.2, -0.15) is 0 Å². The summed E-state index contributed by atoms with van der Waals surface area (Å²) in [6, 6.07) is 13.8. The number of carbonyl (C=O) groups excluding carboxylic acids is 1. The van der Waals surface area contributed by atoms with Crippen LogP contribution in [0.4, 0.5) is 5.69 Å². The molecule has 0 aliphatic carbocycles. The molecule has 146 valence electrons. The molecule has 6 heteroatoms. The Morgan fingerprint density at radius 2 is 2.11 bits per heavy atom. The van der Waals surface area contributed by atoms with E-state index in [1.165, 1.54) is 0 Å². The van der Waals surface area contributed by atoms with Crippen molar-refractivity contribution >= 4 is 35.6 Å². The van der Waals surface area contributed by atoms with Gasteiger partial charge in [-0.1, -0.05) is 23.7 Å². The van der Waals surface area contributed by atoms with Crippen LogP contribution in [0.25, 0.3) is 0 Å². The van der Waals surface area contributed by atoms with Gasteiger partial charge in [0.1, 0.15) is 12.4 Å². The zero-order chi connectivity index (χ0) is 18.5. The summed E-state index contributed by atoms with van der Waals surface area (Å²) in [5.41, 5.74) is 2.85. The van der Waals surface area contributed by atoms with Crippen molar-refractivity contribution in [1.82, 2.24) is 5.32 Å². The van der Waals surface area contributed by atoms with Crippen LogP contribution < -0.4 is 15.4 Å². The van der Waals surface area contributed by atoms with Gasteiger partial charge in [-0.05, 0) is 74.7 Å². The SMILES string of the molecule is Cc1cc(OCc2cccc(Cl)c2)ccc1NC(=O)[C@H]1CCN[C@@H](C)C1.Cl. The van der Waals surface area contributed by atoms with Gasteiger partial charge in [0.15, 0.2) is 0 Å². The fraction of sp³-hybridized carbons (Fsp3) is 0.381. The van der Waals surface area contributed by atoms with Crippen LogP contribution in [0.1, 0.15) is 30.9 Å². The fourth-order valence-corrected chi connectivity index (χ4v) is 3.48. The van der Waals surface area contributed by atoms with Crippen molar-refractivity contribution in [2.45, 2.75) is 39.3 Å². The molecule has 0 radical (unpaired) electrons. The van der Waals surface area contributed by atoms with Gasteiger partial charge in [-0.25, -0.2) is 0 Å². The number of rotatable bonds is 5. The number of aryl methyl sites for hydroxylation is 1. The number of hydrogen-bond donors (Lipinski definition) is 2. The maximum atomic E-state index is 12.5. The van der Waals surface area contributed by atoms with Crippen LogP contribution in [0, 0.1) is 12.8 Å². The smallest absolute Gasteiger partial charge is 0.227 e. The monoisotopic (exact) mass is 408 g/mol. The lowest BCUT2D eigenvalue weighted by molar-refractivity contribution is -0.120. The standard InChI is InChI=1S/C21H25ClN2O2.ClH/c1-14-10-19(26-13-16-4-3-5-18(22)12-16)6-7-20(14)24-21(25)17-8-9-23-15(2)11-17;/h3-7,10,12,15,17,23H,8-9,11,13H2,1-2H3,(H,24,25);1H/t15-,17-;/m0./s1. The third kappa shape index (κ3) is 6.13. The second-order valence-electron chi connectivity index (χ2n) is 6.96. The van der Waals surface area contributed by atoms with Crippen molar-refractivity contribution in [3.05, 3.63) is 58.6 Å². The van der Waals surface area contributed by atoms with Crippen molar-refractivity contribution in [3.63, 3.8) is 0 Å². The highest BCUT2D eigenvalue weighted by atomic mass is 35.5. The first-order valence-electron chi connectivity index (χ1n) is 9.03. The van der Waals surface area contributed by atoms with Crippen LogP contribution >= 0.6 is 24.0 Å². The van der Waals surface area contributed by atoms with Crippen LogP contribution in [0.5, 0.6) is 5.75 Å². The first-order valence-corrected chi connectivity index (χ1v) is 9.41. The summed E-state index contributed by atoms with van der Waals surface area (Å²) < 4.78 is 5.84. The maximum absolute atomic E-state index is 12.5. The molecule has 27 heavy (non-hydrogen) atoms. The zero-order valence-corrected chi connectivity index (χ0v) is 17.2. The molecule has 2 aromatic carbocycles. The molecule has 0 saturated carbocycles. The largest absolute Gasteiger partial charge is 0.489 e. The number of carbonyl (C=O) groups is 1. The van der Waals surface area contributed by atoms with Gasteiger partial charge in [-0.3, -0.25) is 4.79 Å². The number of nitrogens with one attached hydrogen (secondary N) is 2. The Morgan fingerprint density at radius 3 is 2.81 bits per heavy atom. The average molecular weight is 409 g/mol. The number of hydrogen-bond acceptors (Lipinski definition) is 3. The highest BCUT2D eigenvalue weighted by Gasteiger charge is 2.24. The Hall–Kier alpha value is -1.75. The third-order valence-corrected chi connectivity index (χ3v) is 4.98. The molecule has 0 unspecified atom stereocenters. The molecular weight excluding hydrogens is 383 g/mol. The molecule has 1 aliphatic heterocycles. The van der Waals surface area contributed by atoms with Gasteiger partial charge < -0.3 is 15.4 Å². The molecule has 1 heterocycles. The second-order valence-corrected chi connectivity index (χ2v) is 7.40. The van der Waals surface area contributed by atoms with Crippen LogP contribution in [0.3, 0.4) is 0 Å². The number of ether oxygens (including phenoxy) is 1. The topological polar surface area (TPSA) is 50.4 Å². The Balaban J connectivity index is 0.00000261. The van der Waals surface area contributed by atoms with Crippen LogP contribution in [-0.2, 0) is 11.4 Å². The van der Waals surface area contributed by atoms with Gasteiger partial charge in [-0.15, -0.1) is 12.4 Å². The maximum Gasteiger partial charge on any atom is 0.227 e. The van der Waals surface area contributed by atoms with Gasteiger partial charge in [0.25, 0.3) is 0 Å². The van der Waals surface area contributed by atoms with Gasteiger partial charge >= 0.3 is 0 Å². The molecule has 2 atom stereocenters. The lowest BCUT2D eigenvalue weighted by Crippen LogP contribution is -2.40. The Labute approximate surface area is 172 Å². The summed E-state index contributed by atoms with van der Waals surface area (Å²) >= 11 is 5.99. The number of halogens is 2. The minimum Gasteiger partial charge on any atom is -0.489 e. The second kappa shape index (κ2) is 9.98. The van der Waals surface area contributed by atoms with Crippen LogP contribution in [0.2, 0.25) is 5.02 Å². The molecule has 0 spiro atoms. The van der Waals surface area contributed by atoms with E-state index in [-0.39, 0.29) is 24.2 Å². The van der Waals surface area contributed by atoms with E-state index in [1.54, 1.807) is 0 Å². The van der Waals surface area contributed by atoms with E-state index in [1.807, 2.05) is 49.4 Å². The van der Waals surface area contributed by atoms with Gasteiger partial charge in [0.05, 0.1) is 0 Å². The first-order chi connectivity index (χ1) is 12.5. The zero-order valence-electron chi connectivity index (χ0n) is 15.6. The summed E-state index contributed by atoms with van der Waals surface area (Å²) in [5.74, 6) is 0.953. The van der Waals surface area contributed by atoms with Crippen molar-refractivity contribution in [2.75, 3.05) is 11.9 Å². The van der Waals surface area contributed by atoms with E-state index >= 15 is 0 Å². The minimum atomic E-state index is 0. The summed E-state index contributed by atoms with van der Waals surface area (Å²) in [6.07, 6.45) is 1.77. The first kappa shape index (κ1) is 21.5. The summed E-state index contributed by atoms with van der Waals surface area (Å²) in [5, 5.41) is 7.15. The number of amides is 1. The predicted octanol–water partition coefficient (Wildman–Crippen LogP) is 4.98. The van der Waals surface area contributed by atoms with Crippen molar-refractivity contribution in [2.24, 2.45) is 5.92 Å². The minimum absolute atomic E-state index is 0. The van der Waals surface area contributed by atoms with E-state index in [0.717, 1.165) is 42.0 Å². The average Bonchev–Trinajstić information content (AvgIpc) is 2.62. The molecule has 0 bridgehead atoms. The lowest BCUT2D eigenvalue weighted by Gasteiger charge is -2.27. The lowest BCUT2D eigenvalue weighted by atomic mass is 9.92. The van der Waals surface area contributed by atoms with Crippen molar-refractivity contribution < 1.29 is 9.53 Å². The third-order valence-electron chi connectivity index (χ3n) is 4.74. The van der Waals surface area contributed by atoms with Crippen LogP contribution in [0.15, 0.2) is 42.5 Å². The Morgan fingerprint density at radius 1 is 1.30 bits per heavy atom. The highest BCUT2D eigenvalue weighted by Crippen LogP contribution is 2.25. The van der Waals surface area contributed by atoms with Gasteiger partial charge in [0.2, 0.25) is 5.91 Å². The van der Waals surface area contributed by atoms with E-state index in [2.05, 4.69) is 17.6 Å². The molecule has 1 saturated heterocycles. The van der Waals surface area contributed by atoms with E-state index in [9.17, 15) is 4.79 Å². The van der Waals surface area contributed by atoms with Gasteiger partial charge in [0, 0.05) is 22.7 Å². The molecule has 1 aliphatic rings. The van der Waals surface area contributed by atoms with E-state index in [0.29, 0.717) is 17.7 Å². The van der Waals surface area contributed by atoms with E-state index < -0.39 is 0 Å². The predicted molar refractivity (Wildman–Crippen MR) is 113 cm³/mol. The molecule has 1 amide bonds. The number of anilines is 1. The summed E-state index contributed by atoms with van der Waals surface area (Å²) in [7, 11) is 0. The number of piperidine rings is 1. The molecular formula is C21H26Cl2N2O2. The van der Waals surface area contributed by atoms with Crippen molar-refractivity contribution in [3.8, 4) is 5.75 Å². The fourth-order valence-electron chi connectivity index (χ4n) is 3.26. The highest BCUT2D eigenvalue weighted by molar-refractivity contribution is 6.30. The quantitative estimate of drug-likeness (QED) is 0.733.